The van der Waals surface area contributed by atoms with Gasteiger partial charge in [0.2, 0.25) is 0 Å². The number of nitrogens with zero attached hydrogens (tertiary/aromatic N) is 2. The van der Waals surface area contributed by atoms with Crippen LogP contribution >= 0.6 is 11.8 Å². The summed E-state index contributed by atoms with van der Waals surface area (Å²) in [5.41, 5.74) is 1.75. The molecule has 64 valence electrons. The number of hydrogen-bond acceptors (Lipinski definition) is 2. The minimum atomic E-state index is 0.771. The SMILES string of the molecule is CSc1cn2ccccc2c1C#N. The summed E-state index contributed by atoms with van der Waals surface area (Å²) in [6, 6.07) is 8.09. The van der Waals surface area contributed by atoms with Crippen LogP contribution in [-0.2, 0) is 0 Å². The number of pyridine rings is 1. The van der Waals surface area contributed by atoms with Gasteiger partial charge in [-0.2, -0.15) is 5.26 Å². The average Bonchev–Trinajstić information content (AvgIpc) is 2.55. The largest absolute Gasteiger partial charge is 0.321 e. The van der Waals surface area contributed by atoms with Crippen molar-refractivity contribution in [3.05, 3.63) is 36.2 Å². The quantitative estimate of drug-likeness (QED) is 0.643. The highest BCUT2D eigenvalue weighted by atomic mass is 32.2. The second-order valence-electron chi connectivity index (χ2n) is 2.68. The van der Waals surface area contributed by atoms with Crippen molar-refractivity contribution < 1.29 is 0 Å². The van der Waals surface area contributed by atoms with Gasteiger partial charge in [-0.1, -0.05) is 6.07 Å². The van der Waals surface area contributed by atoms with Crippen LogP contribution in [0.15, 0.2) is 35.5 Å². The highest BCUT2D eigenvalue weighted by Crippen LogP contribution is 2.25. The highest BCUT2D eigenvalue weighted by Gasteiger charge is 2.07. The van der Waals surface area contributed by atoms with E-state index in [1.54, 1.807) is 11.8 Å². The predicted molar refractivity (Wildman–Crippen MR) is 53.9 cm³/mol. The second kappa shape index (κ2) is 3.15. The van der Waals surface area contributed by atoms with E-state index in [4.69, 9.17) is 5.26 Å². The van der Waals surface area contributed by atoms with Gasteiger partial charge >= 0.3 is 0 Å². The summed E-state index contributed by atoms with van der Waals surface area (Å²) in [5.74, 6) is 0. The van der Waals surface area contributed by atoms with E-state index in [0.717, 1.165) is 16.0 Å². The van der Waals surface area contributed by atoms with Crippen LogP contribution in [0.5, 0.6) is 0 Å². The molecule has 0 N–H and O–H groups in total. The summed E-state index contributed by atoms with van der Waals surface area (Å²) in [6.45, 7) is 0. The van der Waals surface area contributed by atoms with Gasteiger partial charge in [0.15, 0.2) is 0 Å². The lowest BCUT2D eigenvalue weighted by atomic mass is 10.3. The Bertz CT molecular complexity index is 479. The first kappa shape index (κ1) is 8.21. The third kappa shape index (κ3) is 1.20. The first-order valence-electron chi connectivity index (χ1n) is 3.90. The summed E-state index contributed by atoms with van der Waals surface area (Å²) in [5, 5.41) is 8.96. The number of hydrogen-bond donors (Lipinski definition) is 0. The first-order valence-corrected chi connectivity index (χ1v) is 5.13. The number of nitriles is 1. The standard InChI is InChI=1S/C10H8N2S/c1-13-10-7-12-5-3-2-4-9(12)8(10)6-11/h2-5,7H,1H3. The van der Waals surface area contributed by atoms with Crippen molar-refractivity contribution in [1.82, 2.24) is 4.40 Å². The molecule has 2 nitrogen and oxygen atoms in total. The molecule has 0 spiro atoms. The zero-order valence-electron chi connectivity index (χ0n) is 7.19. The van der Waals surface area contributed by atoms with Crippen molar-refractivity contribution in [2.75, 3.05) is 6.26 Å². The van der Waals surface area contributed by atoms with E-state index in [9.17, 15) is 0 Å². The smallest absolute Gasteiger partial charge is 0.103 e. The van der Waals surface area contributed by atoms with Crippen molar-refractivity contribution in [3.63, 3.8) is 0 Å². The van der Waals surface area contributed by atoms with Crippen LogP contribution in [-0.4, -0.2) is 10.7 Å². The lowest BCUT2D eigenvalue weighted by Crippen LogP contribution is -1.78. The van der Waals surface area contributed by atoms with Crippen LogP contribution in [0.25, 0.3) is 5.52 Å². The Morgan fingerprint density at radius 1 is 1.46 bits per heavy atom. The highest BCUT2D eigenvalue weighted by molar-refractivity contribution is 7.98. The zero-order chi connectivity index (χ0) is 9.26. The fourth-order valence-electron chi connectivity index (χ4n) is 1.36. The Kier molecular flexibility index (Phi) is 1.99. The van der Waals surface area contributed by atoms with E-state index in [1.807, 2.05) is 41.2 Å². The van der Waals surface area contributed by atoms with Gasteiger partial charge < -0.3 is 4.40 Å². The molecular formula is C10H8N2S. The molecule has 0 amide bonds. The Hall–Kier alpha value is -1.40. The summed E-state index contributed by atoms with van der Waals surface area (Å²) in [4.78, 5) is 1.04. The number of fused-ring (bicyclic) bond motifs is 1. The Morgan fingerprint density at radius 3 is 3.00 bits per heavy atom. The van der Waals surface area contributed by atoms with Crippen LogP contribution in [0.1, 0.15) is 5.56 Å². The minimum Gasteiger partial charge on any atom is -0.321 e. The van der Waals surface area contributed by atoms with Crippen molar-refractivity contribution in [3.8, 4) is 6.07 Å². The fraction of sp³-hybridized carbons (Fsp3) is 0.100. The molecule has 0 atom stereocenters. The maximum atomic E-state index is 8.96. The monoisotopic (exact) mass is 188 g/mol. The lowest BCUT2D eigenvalue weighted by molar-refractivity contribution is 1.18. The molecule has 0 aliphatic carbocycles. The van der Waals surface area contributed by atoms with Gasteiger partial charge in [0.05, 0.1) is 11.1 Å². The van der Waals surface area contributed by atoms with E-state index in [0.29, 0.717) is 0 Å². The van der Waals surface area contributed by atoms with Gasteiger partial charge in [-0.25, -0.2) is 0 Å². The van der Waals surface area contributed by atoms with E-state index >= 15 is 0 Å². The Balaban J connectivity index is 2.83. The third-order valence-corrected chi connectivity index (χ3v) is 2.73. The van der Waals surface area contributed by atoms with E-state index in [2.05, 4.69) is 6.07 Å². The fourth-order valence-corrected chi connectivity index (χ4v) is 1.94. The molecule has 0 aromatic carbocycles. The average molecular weight is 188 g/mol. The minimum absolute atomic E-state index is 0.771. The summed E-state index contributed by atoms with van der Waals surface area (Å²) < 4.78 is 1.98. The van der Waals surface area contributed by atoms with E-state index in [1.165, 1.54) is 0 Å². The van der Waals surface area contributed by atoms with E-state index in [-0.39, 0.29) is 0 Å². The molecule has 0 aliphatic heterocycles. The molecule has 13 heavy (non-hydrogen) atoms. The maximum Gasteiger partial charge on any atom is 0.103 e. The van der Waals surface area contributed by atoms with Gasteiger partial charge in [0.1, 0.15) is 6.07 Å². The van der Waals surface area contributed by atoms with Crippen molar-refractivity contribution in [1.29, 1.82) is 5.26 Å². The van der Waals surface area contributed by atoms with E-state index < -0.39 is 0 Å². The van der Waals surface area contributed by atoms with Crippen LogP contribution < -0.4 is 0 Å². The van der Waals surface area contributed by atoms with Crippen molar-refractivity contribution in [2.24, 2.45) is 0 Å². The van der Waals surface area contributed by atoms with Crippen LogP contribution in [0.4, 0.5) is 0 Å². The molecule has 0 saturated carbocycles. The molecule has 0 radical (unpaired) electrons. The number of rotatable bonds is 1. The summed E-state index contributed by atoms with van der Waals surface area (Å²) in [6.07, 6.45) is 5.92. The van der Waals surface area contributed by atoms with Gasteiger partial charge in [-0.15, -0.1) is 11.8 Å². The summed E-state index contributed by atoms with van der Waals surface area (Å²) >= 11 is 1.60. The van der Waals surface area contributed by atoms with Gasteiger partial charge in [0, 0.05) is 17.3 Å². The Labute approximate surface area is 80.8 Å². The molecule has 0 aliphatic rings. The molecule has 2 aromatic heterocycles. The summed E-state index contributed by atoms with van der Waals surface area (Å²) in [7, 11) is 0. The van der Waals surface area contributed by atoms with Gasteiger partial charge in [0.25, 0.3) is 0 Å². The molecular weight excluding hydrogens is 180 g/mol. The number of thioether (sulfide) groups is 1. The molecule has 3 heteroatoms. The second-order valence-corrected chi connectivity index (χ2v) is 3.53. The van der Waals surface area contributed by atoms with Crippen molar-refractivity contribution >= 4 is 17.3 Å². The molecule has 2 heterocycles. The zero-order valence-corrected chi connectivity index (χ0v) is 8.01. The Morgan fingerprint density at radius 2 is 2.31 bits per heavy atom. The topological polar surface area (TPSA) is 28.2 Å². The molecule has 0 fully saturated rings. The maximum absolute atomic E-state index is 8.96. The predicted octanol–water partition coefficient (Wildman–Crippen LogP) is 2.53. The molecule has 0 unspecified atom stereocenters. The third-order valence-electron chi connectivity index (χ3n) is 1.98. The van der Waals surface area contributed by atoms with Crippen molar-refractivity contribution in [2.45, 2.75) is 4.90 Å². The first-order chi connectivity index (χ1) is 6.36. The van der Waals surface area contributed by atoms with Crippen LogP contribution in [0.2, 0.25) is 0 Å². The lowest BCUT2D eigenvalue weighted by Gasteiger charge is -1.90. The van der Waals surface area contributed by atoms with Crippen LogP contribution in [0.3, 0.4) is 0 Å². The molecule has 0 bridgehead atoms. The normalized spacial score (nSPS) is 10.2. The molecule has 2 rings (SSSR count). The van der Waals surface area contributed by atoms with Crippen LogP contribution in [0, 0.1) is 11.3 Å². The molecule has 2 aromatic rings. The van der Waals surface area contributed by atoms with Gasteiger partial charge in [-0.3, -0.25) is 0 Å². The molecule has 0 saturated heterocycles. The van der Waals surface area contributed by atoms with Gasteiger partial charge in [-0.05, 0) is 18.4 Å². The number of aromatic nitrogens is 1.